The topological polar surface area (TPSA) is 3.24 Å². The monoisotopic (exact) mass is 309 g/mol. The zero-order chi connectivity index (χ0) is 8.10. The fourth-order valence-electron chi connectivity index (χ4n) is 1.25. The van der Waals surface area contributed by atoms with Crippen molar-refractivity contribution in [2.24, 2.45) is 0 Å². The van der Waals surface area contributed by atoms with Crippen LogP contribution in [0.2, 0.25) is 0 Å². The van der Waals surface area contributed by atoms with Crippen LogP contribution >= 0.6 is 37.2 Å². The Morgan fingerprint density at radius 3 is 2.07 bits per heavy atom. The molecule has 0 fully saturated rings. The first-order chi connectivity index (χ1) is 5.36. The molecule has 0 bridgehead atoms. The smallest absolute Gasteiger partial charge is 0 e. The first-order valence-electron chi connectivity index (χ1n) is 4.35. The molecule has 0 aliphatic heterocycles. The van der Waals surface area contributed by atoms with E-state index in [1.165, 1.54) is 5.57 Å². The van der Waals surface area contributed by atoms with E-state index in [-0.39, 0.29) is 55.8 Å². The molecule has 1 aliphatic carbocycles. The predicted octanol–water partition coefficient (Wildman–Crippen LogP) is 3.28. The maximum Gasteiger partial charge on any atom is 0 e. The van der Waals surface area contributed by atoms with Crippen molar-refractivity contribution in [2.45, 2.75) is 20.3 Å². The number of hydrogen-bond donors (Lipinski definition) is 0. The van der Waals surface area contributed by atoms with E-state index in [1.807, 2.05) is 0 Å². The van der Waals surface area contributed by atoms with Gasteiger partial charge in [0, 0.05) is 18.6 Å². The summed E-state index contributed by atoms with van der Waals surface area (Å²) < 4.78 is 0. The maximum atomic E-state index is 3.32. The normalized spacial score (nSPS) is 11.8. The van der Waals surface area contributed by atoms with Crippen molar-refractivity contribution in [3.8, 4) is 0 Å². The Kier molecular flexibility index (Phi) is 24.7. The van der Waals surface area contributed by atoms with Gasteiger partial charge in [-0.2, -0.15) is 6.08 Å². The summed E-state index contributed by atoms with van der Waals surface area (Å²) in [6.07, 6.45) is 8.67. The molecule has 0 saturated heterocycles. The molecule has 15 heavy (non-hydrogen) atoms. The minimum atomic E-state index is 0. The van der Waals surface area contributed by atoms with Gasteiger partial charge in [-0.1, -0.05) is 13.8 Å². The zero-order valence-electron chi connectivity index (χ0n) is 9.10. The molecule has 91 valence electrons. The summed E-state index contributed by atoms with van der Waals surface area (Å²) in [6, 6.07) is 0. The Hall–Kier alpha value is 0.894. The molecule has 5 heteroatoms. The van der Waals surface area contributed by atoms with E-state index >= 15 is 0 Å². The van der Waals surface area contributed by atoms with E-state index in [1.54, 1.807) is 0 Å². The Bertz CT molecular complexity index is 180. The standard InChI is InChI=1S/C10H16N.3ClH.V/c1-3-11(4-2)9-10-7-5-6-8-10;;;;/h5,7H,3-4,6,9H2,1-2H3;3*1H;/q-1;;;;. The Labute approximate surface area is 124 Å². The predicted molar refractivity (Wildman–Crippen MR) is 70.0 cm³/mol. The van der Waals surface area contributed by atoms with E-state index in [2.05, 4.69) is 37.0 Å². The van der Waals surface area contributed by atoms with Gasteiger partial charge in [-0.3, -0.25) is 6.08 Å². The summed E-state index contributed by atoms with van der Waals surface area (Å²) in [6.45, 7) is 7.74. The molecule has 1 aliphatic rings. The zero-order valence-corrected chi connectivity index (χ0v) is 12.9. The summed E-state index contributed by atoms with van der Waals surface area (Å²) in [5, 5.41) is 0. The molecule has 0 saturated carbocycles. The number of allylic oxidation sites excluding steroid dienone is 2. The second kappa shape index (κ2) is 14.9. The van der Waals surface area contributed by atoms with Crippen LogP contribution in [0.15, 0.2) is 17.7 Å². The Balaban J connectivity index is -0.000000151. The van der Waals surface area contributed by atoms with Crippen molar-refractivity contribution in [3.63, 3.8) is 0 Å². The summed E-state index contributed by atoms with van der Waals surface area (Å²) in [5.41, 5.74) is 1.36. The minimum Gasteiger partial charge on any atom is -0.303 e. The Morgan fingerprint density at radius 1 is 1.20 bits per heavy atom. The number of nitrogens with zero attached hydrogens (tertiary/aromatic N) is 1. The van der Waals surface area contributed by atoms with Crippen LogP contribution in [0, 0.1) is 6.08 Å². The molecule has 0 unspecified atom stereocenters. The first-order valence-corrected chi connectivity index (χ1v) is 4.35. The maximum absolute atomic E-state index is 3.32. The average molecular weight is 311 g/mol. The third kappa shape index (κ3) is 9.80. The van der Waals surface area contributed by atoms with Crippen LogP contribution in [0.1, 0.15) is 20.3 Å². The molecule has 0 heterocycles. The van der Waals surface area contributed by atoms with Crippen LogP contribution in [0.25, 0.3) is 0 Å². The van der Waals surface area contributed by atoms with Crippen LogP contribution in [0.3, 0.4) is 0 Å². The summed E-state index contributed by atoms with van der Waals surface area (Å²) in [4.78, 5) is 2.40. The largest absolute Gasteiger partial charge is 0.303 e. The SMILES string of the molecule is CCN(CC)CC1=[C-]CC=C1.Cl.Cl.Cl.[V]. The molecule has 1 radical (unpaired) electrons. The second-order valence-corrected chi connectivity index (χ2v) is 2.77. The van der Waals surface area contributed by atoms with Gasteiger partial charge in [0.1, 0.15) is 0 Å². The van der Waals surface area contributed by atoms with Crippen LogP contribution in [-0.4, -0.2) is 24.5 Å². The third-order valence-electron chi connectivity index (χ3n) is 2.05. The van der Waals surface area contributed by atoms with Gasteiger partial charge in [0.25, 0.3) is 0 Å². The van der Waals surface area contributed by atoms with Gasteiger partial charge in [0.15, 0.2) is 0 Å². The van der Waals surface area contributed by atoms with E-state index < -0.39 is 0 Å². The molecule has 1 nitrogen and oxygen atoms in total. The van der Waals surface area contributed by atoms with Crippen LogP contribution in [0.4, 0.5) is 0 Å². The molecule has 0 aromatic heterocycles. The molecule has 0 atom stereocenters. The second-order valence-electron chi connectivity index (χ2n) is 2.77. The molecule has 0 N–H and O–H groups in total. The van der Waals surface area contributed by atoms with E-state index in [0.717, 1.165) is 26.1 Å². The number of hydrogen-bond acceptors (Lipinski definition) is 1. The molecule has 1 rings (SSSR count). The van der Waals surface area contributed by atoms with Crippen molar-refractivity contribution >= 4 is 37.2 Å². The van der Waals surface area contributed by atoms with Gasteiger partial charge in [0.05, 0.1) is 0 Å². The van der Waals surface area contributed by atoms with Crippen molar-refractivity contribution < 1.29 is 18.6 Å². The molecule has 0 spiro atoms. The van der Waals surface area contributed by atoms with E-state index in [0.29, 0.717) is 0 Å². The van der Waals surface area contributed by atoms with Crippen LogP contribution < -0.4 is 0 Å². The van der Waals surface area contributed by atoms with Crippen molar-refractivity contribution in [1.82, 2.24) is 4.90 Å². The molecule has 0 aromatic rings. The molecular weight excluding hydrogens is 291 g/mol. The average Bonchev–Trinajstić information content (AvgIpc) is 2.52. The number of rotatable bonds is 4. The Morgan fingerprint density at radius 2 is 1.73 bits per heavy atom. The summed E-state index contributed by atoms with van der Waals surface area (Å²) in [7, 11) is 0. The summed E-state index contributed by atoms with van der Waals surface area (Å²) in [5.74, 6) is 0. The van der Waals surface area contributed by atoms with Gasteiger partial charge in [-0.25, -0.2) is 11.6 Å². The van der Waals surface area contributed by atoms with Crippen molar-refractivity contribution in [1.29, 1.82) is 0 Å². The minimum absolute atomic E-state index is 0. The van der Waals surface area contributed by atoms with Crippen molar-refractivity contribution in [2.75, 3.05) is 19.6 Å². The van der Waals surface area contributed by atoms with E-state index in [4.69, 9.17) is 0 Å². The number of likely N-dealkylation sites (N-methyl/N-ethyl adjacent to an activating group) is 1. The molecule has 0 amide bonds. The van der Waals surface area contributed by atoms with Gasteiger partial charge >= 0.3 is 0 Å². The fraction of sp³-hybridized carbons (Fsp3) is 0.600. The van der Waals surface area contributed by atoms with Crippen LogP contribution in [0.5, 0.6) is 0 Å². The molecular formula is C10H19Cl3NV-. The molecule has 0 aromatic carbocycles. The quantitative estimate of drug-likeness (QED) is 0.720. The number of halogens is 3. The first kappa shape index (κ1) is 24.9. The van der Waals surface area contributed by atoms with E-state index in [9.17, 15) is 0 Å². The van der Waals surface area contributed by atoms with Gasteiger partial charge in [0.2, 0.25) is 0 Å². The summed E-state index contributed by atoms with van der Waals surface area (Å²) >= 11 is 0. The van der Waals surface area contributed by atoms with Crippen molar-refractivity contribution in [3.05, 3.63) is 23.8 Å². The third-order valence-corrected chi connectivity index (χ3v) is 2.05. The fourth-order valence-corrected chi connectivity index (χ4v) is 1.25. The van der Waals surface area contributed by atoms with Gasteiger partial charge in [-0.15, -0.1) is 43.6 Å². The van der Waals surface area contributed by atoms with Crippen LogP contribution in [-0.2, 0) is 18.6 Å². The van der Waals surface area contributed by atoms with Gasteiger partial charge < -0.3 is 4.90 Å². The van der Waals surface area contributed by atoms with Gasteiger partial charge in [-0.05, 0) is 19.6 Å².